The molecule has 2 rings (SSSR count). The lowest BCUT2D eigenvalue weighted by Crippen LogP contribution is -2.40. The van der Waals surface area contributed by atoms with Crippen LogP contribution in [0.4, 0.5) is 0 Å². The topological polar surface area (TPSA) is 84.2 Å². The van der Waals surface area contributed by atoms with E-state index in [1.54, 1.807) is 10.7 Å². The zero-order chi connectivity index (χ0) is 16.1. The van der Waals surface area contributed by atoms with Crippen LogP contribution in [0.15, 0.2) is 36.4 Å². The third kappa shape index (κ3) is 3.52. The van der Waals surface area contributed by atoms with Crippen LogP contribution in [0.25, 0.3) is 5.69 Å². The highest BCUT2D eigenvalue weighted by molar-refractivity contribution is 5.95. The number of rotatable bonds is 6. The van der Waals surface area contributed by atoms with Gasteiger partial charge in [-0.15, -0.1) is 0 Å². The van der Waals surface area contributed by atoms with Crippen molar-refractivity contribution >= 4 is 11.9 Å². The lowest BCUT2D eigenvalue weighted by molar-refractivity contribution is -0.139. The Balaban J connectivity index is 2.20. The molecule has 1 aromatic heterocycles. The number of benzene rings is 1. The van der Waals surface area contributed by atoms with Crippen LogP contribution in [-0.4, -0.2) is 32.8 Å². The molecule has 0 bridgehead atoms. The molecule has 0 spiro atoms. The molecule has 2 aromatic rings. The van der Waals surface area contributed by atoms with Crippen molar-refractivity contribution in [2.75, 3.05) is 0 Å². The zero-order valence-electron chi connectivity index (χ0n) is 12.6. The van der Waals surface area contributed by atoms with Gasteiger partial charge in [0.05, 0.1) is 5.69 Å². The zero-order valence-corrected chi connectivity index (χ0v) is 12.6. The minimum atomic E-state index is -1.03. The number of hydrogen-bond donors (Lipinski definition) is 2. The number of carbonyl (C=O) groups is 2. The van der Waals surface area contributed by atoms with Gasteiger partial charge in [0.15, 0.2) is 5.69 Å². The number of aliphatic carboxylic acids is 1. The van der Waals surface area contributed by atoms with E-state index in [0.717, 1.165) is 11.4 Å². The van der Waals surface area contributed by atoms with E-state index < -0.39 is 17.9 Å². The van der Waals surface area contributed by atoms with Gasteiger partial charge in [0.2, 0.25) is 0 Å². The van der Waals surface area contributed by atoms with E-state index in [2.05, 4.69) is 10.4 Å². The molecule has 0 fully saturated rings. The molecular weight excluding hydrogens is 282 g/mol. The molecule has 0 radical (unpaired) electrons. The largest absolute Gasteiger partial charge is 0.480 e. The summed E-state index contributed by atoms with van der Waals surface area (Å²) in [5.74, 6) is -1.51. The molecule has 1 atom stereocenters. The number of aromatic nitrogens is 2. The third-order valence-corrected chi connectivity index (χ3v) is 3.30. The van der Waals surface area contributed by atoms with Crippen LogP contribution in [0.2, 0.25) is 0 Å². The van der Waals surface area contributed by atoms with Gasteiger partial charge < -0.3 is 10.4 Å². The summed E-state index contributed by atoms with van der Waals surface area (Å²) in [5, 5.41) is 15.9. The van der Waals surface area contributed by atoms with Gasteiger partial charge in [-0.3, -0.25) is 4.79 Å². The van der Waals surface area contributed by atoms with Crippen LogP contribution in [0, 0.1) is 6.92 Å². The highest BCUT2D eigenvalue weighted by Gasteiger charge is 2.21. The normalized spacial score (nSPS) is 11.9. The molecule has 1 unspecified atom stereocenters. The van der Waals surface area contributed by atoms with Gasteiger partial charge in [-0.2, -0.15) is 5.10 Å². The van der Waals surface area contributed by atoms with E-state index in [0.29, 0.717) is 12.8 Å². The summed E-state index contributed by atoms with van der Waals surface area (Å²) in [6.45, 7) is 3.72. The average molecular weight is 301 g/mol. The second-order valence-electron chi connectivity index (χ2n) is 5.07. The first kappa shape index (κ1) is 15.8. The van der Waals surface area contributed by atoms with Crippen molar-refractivity contribution in [2.24, 2.45) is 0 Å². The Bertz CT molecular complexity index is 665. The number of carbonyl (C=O) groups excluding carboxylic acids is 1. The van der Waals surface area contributed by atoms with Gasteiger partial charge in [-0.05, 0) is 31.5 Å². The first-order valence-corrected chi connectivity index (χ1v) is 7.18. The van der Waals surface area contributed by atoms with E-state index in [1.807, 2.05) is 44.2 Å². The maximum absolute atomic E-state index is 12.2. The maximum Gasteiger partial charge on any atom is 0.326 e. The van der Waals surface area contributed by atoms with E-state index in [-0.39, 0.29) is 5.69 Å². The summed E-state index contributed by atoms with van der Waals surface area (Å²) < 4.78 is 1.66. The van der Waals surface area contributed by atoms with E-state index in [1.165, 1.54) is 0 Å². The molecule has 0 saturated carbocycles. The minimum absolute atomic E-state index is 0.212. The van der Waals surface area contributed by atoms with E-state index in [4.69, 9.17) is 5.11 Å². The van der Waals surface area contributed by atoms with Gasteiger partial charge in [0, 0.05) is 5.69 Å². The SMILES string of the molecule is CCCC(NC(=O)c1cc(C)n(-c2ccccc2)n1)C(=O)O. The fraction of sp³-hybridized carbons (Fsp3) is 0.312. The minimum Gasteiger partial charge on any atom is -0.480 e. The van der Waals surface area contributed by atoms with Crippen molar-refractivity contribution in [2.45, 2.75) is 32.7 Å². The molecule has 2 N–H and O–H groups in total. The van der Waals surface area contributed by atoms with Crippen molar-refractivity contribution in [3.8, 4) is 5.69 Å². The molecule has 1 amide bonds. The van der Waals surface area contributed by atoms with Gasteiger partial charge in [0.1, 0.15) is 6.04 Å². The molecule has 0 aliphatic carbocycles. The van der Waals surface area contributed by atoms with Crippen molar-refractivity contribution in [1.82, 2.24) is 15.1 Å². The molecule has 22 heavy (non-hydrogen) atoms. The quantitative estimate of drug-likeness (QED) is 0.856. The number of hydrogen-bond acceptors (Lipinski definition) is 3. The van der Waals surface area contributed by atoms with Crippen molar-refractivity contribution in [3.63, 3.8) is 0 Å². The smallest absolute Gasteiger partial charge is 0.326 e. The molecule has 116 valence electrons. The second kappa shape index (κ2) is 6.89. The molecule has 0 aliphatic rings. The highest BCUT2D eigenvalue weighted by atomic mass is 16.4. The highest BCUT2D eigenvalue weighted by Crippen LogP contribution is 2.12. The van der Waals surface area contributed by atoms with Crippen molar-refractivity contribution in [1.29, 1.82) is 0 Å². The summed E-state index contributed by atoms with van der Waals surface area (Å²) in [6, 6.07) is 10.2. The van der Waals surface area contributed by atoms with Gasteiger partial charge in [0.25, 0.3) is 5.91 Å². The van der Waals surface area contributed by atoms with Crippen molar-refractivity contribution < 1.29 is 14.7 Å². The molecule has 6 heteroatoms. The lowest BCUT2D eigenvalue weighted by Gasteiger charge is -2.12. The number of amides is 1. The summed E-state index contributed by atoms with van der Waals surface area (Å²) in [5.41, 5.74) is 1.87. The molecule has 6 nitrogen and oxygen atoms in total. The number of carboxylic acid groups (broad SMARTS) is 1. The van der Waals surface area contributed by atoms with Gasteiger partial charge in [-0.25, -0.2) is 9.48 Å². The predicted molar refractivity (Wildman–Crippen MR) is 82.1 cm³/mol. The van der Waals surface area contributed by atoms with Crippen LogP contribution in [0.3, 0.4) is 0 Å². The Labute approximate surface area is 128 Å². The number of para-hydroxylation sites is 1. The standard InChI is InChI=1S/C16H19N3O3/c1-3-7-13(16(21)22)17-15(20)14-10-11(2)19(18-14)12-8-5-4-6-9-12/h4-6,8-10,13H,3,7H2,1-2H3,(H,17,20)(H,21,22). The molecule has 1 heterocycles. The van der Waals surface area contributed by atoms with Crippen LogP contribution < -0.4 is 5.32 Å². The Kier molecular flexibility index (Phi) is 4.93. The van der Waals surface area contributed by atoms with Crippen LogP contribution >= 0.6 is 0 Å². The fourth-order valence-electron chi connectivity index (χ4n) is 2.19. The summed E-state index contributed by atoms with van der Waals surface area (Å²) in [4.78, 5) is 23.3. The number of aryl methyl sites for hydroxylation is 1. The molecular formula is C16H19N3O3. The summed E-state index contributed by atoms with van der Waals surface area (Å²) >= 11 is 0. The first-order chi connectivity index (χ1) is 10.5. The van der Waals surface area contributed by atoms with Gasteiger partial charge in [-0.1, -0.05) is 31.5 Å². The summed E-state index contributed by atoms with van der Waals surface area (Å²) in [6.07, 6.45) is 1.06. The Morgan fingerprint density at radius 2 is 2.00 bits per heavy atom. The fourth-order valence-corrected chi connectivity index (χ4v) is 2.19. The van der Waals surface area contributed by atoms with Crippen LogP contribution in [0.5, 0.6) is 0 Å². The van der Waals surface area contributed by atoms with E-state index >= 15 is 0 Å². The average Bonchev–Trinajstić information content (AvgIpc) is 2.89. The van der Waals surface area contributed by atoms with Crippen LogP contribution in [0.1, 0.15) is 35.9 Å². The lowest BCUT2D eigenvalue weighted by atomic mass is 10.1. The monoisotopic (exact) mass is 301 g/mol. The Morgan fingerprint density at radius 1 is 1.32 bits per heavy atom. The van der Waals surface area contributed by atoms with Gasteiger partial charge >= 0.3 is 5.97 Å². The number of carboxylic acids is 1. The summed E-state index contributed by atoms with van der Waals surface area (Å²) in [7, 11) is 0. The molecule has 0 aliphatic heterocycles. The van der Waals surface area contributed by atoms with E-state index in [9.17, 15) is 9.59 Å². The van der Waals surface area contributed by atoms with Crippen LogP contribution in [-0.2, 0) is 4.79 Å². The van der Waals surface area contributed by atoms with Crippen molar-refractivity contribution in [3.05, 3.63) is 47.8 Å². The predicted octanol–water partition coefficient (Wildman–Crippen LogP) is 2.16. The Hall–Kier alpha value is -2.63. The number of nitrogens with one attached hydrogen (secondary N) is 1. The maximum atomic E-state index is 12.2. The molecule has 0 saturated heterocycles. The second-order valence-corrected chi connectivity index (χ2v) is 5.07. The first-order valence-electron chi connectivity index (χ1n) is 7.18. The molecule has 1 aromatic carbocycles. The third-order valence-electron chi connectivity index (χ3n) is 3.30. The Morgan fingerprint density at radius 3 is 2.59 bits per heavy atom. The number of nitrogens with zero attached hydrogens (tertiary/aromatic N) is 2.